The Kier molecular flexibility index (Phi) is 2.97. The Morgan fingerprint density at radius 1 is 1.12 bits per heavy atom. The van der Waals surface area contributed by atoms with Crippen LogP contribution in [0.25, 0.3) is 11.3 Å². The maximum absolute atomic E-state index is 5.58. The van der Waals surface area contributed by atoms with Crippen LogP contribution < -0.4 is 5.73 Å². The molecule has 3 heteroatoms. The van der Waals surface area contributed by atoms with Gasteiger partial charge in [0.2, 0.25) is 0 Å². The molecule has 2 aromatic rings. The third-order valence-electron chi connectivity index (χ3n) is 2.50. The number of hydrogen-bond acceptors (Lipinski definition) is 3. The smallest absolute Gasteiger partial charge is 0.142 e. The van der Waals surface area contributed by atoms with Crippen LogP contribution in [0.2, 0.25) is 0 Å². The van der Waals surface area contributed by atoms with E-state index in [0.717, 1.165) is 17.0 Å². The van der Waals surface area contributed by atoms with Gasteiger partial charge in [0.05, 0.1) is 12.2 Å². The van der Waals surface area contributed by atoms with Crippen molar-refractivity contribution in [1.82, 2.24) is 9.97 Å². The van der Waals surface area contributed by atoms with Crippen molar-refractivity contribution < 1.29 is 0 Å². The van der Waals surface area contributed by atoms with E-state index in [1.807, 2.05) is 25.1 Å². The summed E-state index contributed by atoms with van der Waals surface area (Å²) < 4.78 is 0. The first kappa shape index (κ1) is 10.8. The molecule has 0 aliphatic carbocycles. The number of nitrogens with two attached hydrogens (primary N) is 1. The van der Waals surface area contributed by atoms with Crippen LogP contribution >= 0.6 is 0 Å². The molecule has 0 radical (unpaired) electrons. The number of nitrogens with zero attached hydrogens (tertiary/aromatic N) is 2. The lowest BCUT2D eigenvalue weighted by Crippen LogP contribution is -2.05. The van der Waals surface area contributed by atoms with Crippen molar-refractivity contribution in [3.8, 4) is 11.3 Å². The average molecular weight is 213 g/mol. The number of benzene rings is 1. The SMILES string of the molecule is Cc1cc(-c2ccccc2C)nc(CN)n1. The van der Waals surface area contributed by atoms with Gasteiger partial charge in [0.15, 0.2) is 0 Å². The van der Waals surface area contributed by atoms with E-state index in [0.29, 0.717) is 12.4 Å². The van der Waals surface area contributed by atoms with E-state index in [1.54, 1.807) is 0 Å². The molecule has 3 nitrogen and oxygen atoms in total. The Hall–Kier alpha value is -1.74. The maximum atomic E-state index is 5.58. The molecule has 1 aromatic heterocycles. The third-order valence-corrected chi connectivity index (χ3v) is 2.50. The second-order valence-electron chi connectivity index (χ2n) is 3.83. The third kappa shape index (κ3) is 2.09. The molecule has 2 N–H and O–H groups in total. The Labute approximate surface area is 95.4 Å². The van der Waals surface area contributed by atoms with Gasteiger partial charge >= 0.3 is 0 Å². The van der Waals surface area contributed by atoms with E-state index < -0.39 is 0 Å². The quantitative estimate of drug-likeness (QED) is 0.832. The molecule has 0 saturated heterocycles. The first-order chi connectivity index (χ1) is 7.70. The highest BCUT2D eigenvalue weighted by atomic mass is 14.9. The summed E-state index contributed by atoms with van der Waals surface area (Å²) in [5.74, 6) is 0.693. The molecule has 0 aliphatic heterocycles. The average Bonchev–Trinajstić information content (AvgIpc) is 2.28. The summed E-state index contributed by atoms with van der Waals surface area (Å²) in [5.41, 5.74) is 9.83. The predicted molar refractivity (Wildman–Crippen MR) is 64.8 cm³/mol. The van der Waals surface area contributed by atoms with E-state index in [1.165, 1.54) is 5.56 Å². The Balaban J connectivity index is 2.56. The van der Waals surface area contributed by atoms with Gasteiger partial charge in [-0.3, -0.25) is 0 Å². The zero-order valence-corrected chi connectivity index (χ0v) is 9.57. The topological polar surface area (TPSA) is 51.8 Å². The Morgan fingerprint density at radius 3 is 2.56 bits per heavy atom. The first-order valence-electron chi connectivity index (χ1n) is 5.31. The fourth-order valence-electron chi connectivity index (χ4n) is 1.72. The van der Waals surface area contributed by atoms with Gasteiger partial charge in [-0.25, -0.2) is 9.97 Å². The summed E-state index contributed by atoms with van der Waals surface area (Å²) in [6, 6.07) is 10.2. The molecule has 0 atom stereocenters. The van der Waals surface area contributed by atoms with Gasteiger partial charge in [0.25, 0.3) is 0 Å². The zero-order chi connectivity index (χ0) is 11.5. The minimum atomic E-state index is 0.376. The number of aromatic nitrogens is 2. The van der Waals surface area contributed by atoms with Crippen LogP contribution in [0.5, 0.6) is 0 Å². The lowest BCUT2D eigenvalue weighted by Gasteiger charge is -2.07. The minimum absolute atomic E-state index is 0.376. The van der Waals surface area contributed by atoms with Gasteiger partial charge < -0.3 is 5.73 Å². The van der Waals surface area contributed by atoms with Crippen LogP contribution in [0.4, 0.5) is 0 Å². The standard InChI is InChI=1S/C13H15N3/c1-9-5-3-4-6-11(9)12-7-10(2)15-13(8-14)16-12/h3-7H,8,14H2,1-2H3. The zero-order valence-electron chi connectivity index (χ0n) is 9.57. The van der Waals surface area contributed by atoms with E-state index in [9.17, 15) is 0 Å². The van der Waals surface area contributed by atoms with Crippen molar-refractivity contribution in [2.45, 2.75) is 20.4 Å². The lowest BCUT2D eigenvalue weighted by molar-refractivity contribution is 0.894. The number of aryl methyl sites for hydroxylation is 2. The Morgan fingerprint density at radius 2 is 1.88 bits per heavy atom. The molecule has 16 heavy (non-hydrogen) atoms. The van der Waals surface area contributed by atoms with Crippen LogP contribution in [-0.4, -0.2) is 9.97 Å². The molecular formula is C13H15N3. The number of rotatable bonds is 2. The maximum Gasteiger partial charge on any atom is 0.142 e. The molecular weight excluding hydrogens is 198 g/mol. The van der Waals surface area contributed by atoms with E-state index in [4.69, 9.17) is 5.73 Å². The molecule has 0 amide bonds. The fourth-order valence-corrected chi connectivity index (χ4v) is 1.72. The summed E-state index contributed by atoms with van der Waals surface area (Å²) >= 11 is 0. The second-order valence-corrected chi connectivity index (χ2v) is 3.83. The predicted octanol–water partition coefficient (Wildman–Crippen LogP) is 2.22. The molecule has 2 rings (SSSR count). The molecule has 0 fully saturated rings. The lowest BCUT2D eigenvalue weighted by atomic mass is 10.1. The summed E-state index contributed by atoms with van der Waals surface area (Å²) in [4.78, 5) is 8.72. The van der Waals surface area contributed by atoms with Crippen LogP contribution in [0.1, 0.15) is 17.1 Å². The van der Waals surface area contributed by atoms with Gasteiger partial charge in [0.1, 0.15) is 5.82 Å². The summed E-state index contributed by atoms with van der Waals surface area (Å²) in [5, 5.41) is 0. The second kappa shape index (κ2) is 4.41. The van der Waals surface area contributed by atoms with Crippen LogP contribution in [0.15, 0.2) is 30.3 Å². The molecule has 1 aromatic carbocycles. The molecule has 0 saturated carbocycles. The van der Waals surface area contributed by atoms with Crippen molar-refractivity contribution in [2.24, 2.45) is 5.73 Å². The van der Waals surface area contributed by atoms with Gasteiger partial charge in [-0.05, 0) is 25.5 Å². The molecule has 0 spiro atoms. The largest absolute Gasteiger partial charge is 0.324 e. The number of hydrogen-bond donors (Lipinski definition) is 1. The fraction of sp³-hybridized carbons (Fsp3) is 0.231. The van der Waals surface area contributed by atoms with Crippen LogP contribution in [0.3, 0.4) is 0 Å². The van der Waals surface area contributed by atoms with Crippen molar-refractivity contribution >= 4 is 0 Å². The van der Waals surface area contributed by atoms with E-state index >= 15 is 0 Å². The normalized spacial score (nSPS) is 10.4. The van der Waals surface area contributed by atoms with Crippen molar-refractivity contribution in [3.63, 3.8) is 0 Å². The van der Waals surface area contributed by atoms with Gasteiger partial charge in [-0.15, -0.1) is 0 Å². The van der Waals surface area contributed by atoms with Crippen molar-refractivity contribution in [1.29, 1.82) is 0 Å². The molecule has 82 valence electrons. The summed E-state index contributed by atoms with van der Waals surface area (Å²) in [6.07, 6.45) is 0. The molecule has 0 unspecified atom stereocenters. The first-order valence-corrected chi connectivity index (χ1v) is 5.31. The highest BCUT2D eigenvalue weighted by Gasteiger charge is 2.05. The monoisotopic (exact) mass is 213 g/mol. The minimum Gasteiger partial charge on any atom is -0.324 e. The van der Waals surface area contributed by atoms with Crippen LogP contribution in [0, 0.1) is 13.8 Å². The summed E-state index contributed by atoms with van der Waals surface area (Å²) in [6.45, 7) is 4.41. The van der Waals surface area contributed by atoms with E-state index in [2.05, 4.69) is 29.0 Å². The van der Waals surface area contributed by atoms with Gasteiger partial charge in [-0.1, -0.05) is 24.3 Å². The molecule has 0 bridgehead atoms. The van der Waals surface area contributed by atoms with Gasteiger partial charge in [0, 0.05) is 11.3 Å². The highest BCUT2D eigenvalue weighted by molar-refractivity contribution is 5.63. The highest BCUT2D eigenvalue weighted by Crippen LogP contribution is 2.21. The van der Waals surface area contributed by atoms with Gasteiger partial charge in [-0.2, -0.15) is 0 Å². The van der Waals surface area contributed by atoms with Crippen molar-refractivity contribution in [3.05, 3.63) is 47.4 Å². The molecule has 1 heterocycles. The van der Waals surface area contributed by atoms with Crippen molar-refractivity contribution in [2.75, 3.05) is 0 Å². The Bertz CT molecular complexity index is 506. The van der Waals surface area contributed by atoms with E-state index in [-0.39, 0.29) is 0 Å². The molecule has 0 aliphatic rings. The van der Waals surface area contributed by atoms with Crippen LogP contribution in [-0.2, 0) is 6.54 Å². The summed E-state index contributed by atoms with van der Waals surface area (Å²) in [7, 11) is 0.